The van der Waals surface area contributed by atoms with Gasteiger partial charge < -0.3 is 14.7 Å². The van der Waals surface area contributed by atoms with Crippen LogP contribution in [0.4, 0.5) is 10.1 Å². The minimum atomic E-state index is -0.966. The Kier molecular flexibility index (Phi) is 3.05. The summed E-state index contributed by atoms with van der Waals surface area (Å²) in [5.41, 5.74) is 0.816. The molecule has 0 bridgehead atoms. The summed E-state index contributed by atoms with van der Waals surface area (Å²) in [7, 11) is 0. The molecule has 0 aromatic heterocycles. The van der Waals surface area contributed by atoms with Gasteiger partial charge in [0.1, 0.15) is 5.82 Å². The molecule has 1 saturated heterocycles. The van der Waals surface area contributed by atoms with Gasteiger partial charge in [-0.1, -0.05) is 0 Å². The number of hydrogen-bond acceptors (Lipinski definition) is 3. The molecule has 0 saturated carbocycles. The molecule has 0 aliphatic carbocycles. The summed E-state index contributed by atoms with van der Waals surface area (Å²) < 4.78 is 17.8. The van der Waals surface area contributed by atoms with Crippen LogP contribution in [0.25, 0.3) is 0 Å². The predicted octanol–water partition coefficient (Wildman–Crippen LogP) is 1.12. The monoisotopic (exact) mass is 225 g/mol. The van der Waals surface area contributed by atoms with Crippen molar-refractivity contribution in [2.45, 2.75) is 6.10 Å². The molecule has 86 valence electrons. The Labute approximate surface area is 92.2 Å². The van der Waals surface area contributed by atoms with Crippen molar-refractivity contribution in [3.63, 3.8) is 0 Å². The third-order valence-corrected chi connectivity index (χ3v) is 2.53. The van der Waals surface area contributed by atoms with Crippen LogP contribution in [0.15, 0.2) is 24.3 Å². The lowest BCUT2D eigenvalue weighted by atomic mass is 10.2. The summed E-state index contributed by atoms with van der Waals surface area (Å²) in [5, 5.41) is 8.84. The first-order valence-electron chi connectivity index (χ1n) is 5.02. The standard InChI is InChI=1S/C11H12FNO3/c12-8-1-3-9(4-2-8)13-5-6-16-10(7-13)11(14)15/h1-4,10H,5-7H2,(H,14,15). The highest BCUT2D eigenvalue weighted by Crippen LogP contribution is 2.18. The van der Waals surface area contributed by atoms with Gasteiger partial charge in [-0.25, -0.2) is 9.18 Å². The van der Waals surface area contributed by atoms with Gasteiger partial charge in [-0.15, -0.1) is 0 Å². The lowest BCUT2D eigenvalue weighted by Crippen LogP contribution is -2.46. The Bertz CT molecular complexity index is 379. The Balaban J connectivity index is 2.09. The number of ether oxygens (including phenoxy) is 1. The normalized spacial score (nSPS) is 20.8. The van der Waals surface area contributed by atoms with Crippen molar-refractivity contribution in [3.05, 3.63) is 30.1 Å². The number of carboxylic acid groups (broad SMARTS) is 1. The molecule has 0 amide bonds. The first-order valence-corrected chi connectivity index (χ1v) is 5.02. The molecule has 1 N–H and O–H groups in total. The molecule has 1 unspecified atom stereocenters. The summed E-state index contributed by atoms with van der Waals surface area (Å²) in [6.07, 6.45) is -0.807. The van der Waals surface area contributed by atoms with E-state index < -0.39 is 12.1 Å². The van der Waals surface area contributed by atoms with Gasteiger partial charge in [0.05, 0.1) is 13.2 Å². The summed E-state index contributed by atoms with van der Waals surface area (Å²) in [5.74, 6) is -1.27. The zero-order chi connectivity index (χ0) is 11.5. The third-order valence-electron chi connectivity index (χ3n) is 2.53. The first-order chi connectivity index (χ1) is 7.66. The zero-order valence-electron chi connectivity index (χ0n) is 8.60. The topological polar surface area (TPSA) is 49.8 Å². The van der Waals surface area contributed by atoms with Crippen LogP contribution in [0.1, 0.15) is 0 Å². The van der Waals surface area contributed by atoms with Crippen molar-refractivity contribution in [2.75, 3.05) is 24.6 Å². The van der Waals surface area contributed by atoms with Gasteiger partial charge in [-0.3, -0.25) is 0 Å². The largest absolute Gasteiger partial charge is 0.479 e. The van der Waals surface area contributed by atoms with Crippen LogP contribution in [0, 0.1) is 5.82 Å². The Hall–Kier alpha value is -1.62. The SMILES string of the molecule is O=C(O)C1CN(c2ccc(F)cc2)CCO1. The molecular weight excluding hydrogens is 213 g/mol. The quantitative estimate of drug-likeness (QED) is 0.819. The second kappa shape index (κ2) is 4.49. The number of carboxylic acids is 1. The maximum absolute atomic E-state index is 12.7. The Morgan fingerprint density at radius 1 is 1.44 bits per heavy atom. The molecule has 1 atom stereocenters. The fourth-order valence-corrected chi connectivity index (χ4v) is 1.69. The molecule has 0 spiro atoms. The van der Waals surface area contributed by atoms with Crippen molar-refractivity contribution in [3.8, 4) is 0 Å². The highest BCUT2D eigenvalue weighted by atomic mass is 19.1. The van der Waals surface area contributed by atoms with Gasteiger partial charge in [0.15, 0.2) is 6.10 Å². The highest BCUT2D eigenvalue weighted by molar-refractivity contribution is 5.73. The Morgan fingerprint density at radius 3 is 2.75 bits per heavy atom. The number of anilines is 1. The van der Waals surface area contributed by atoms with Crippen molar-refractivity contribution < 1.29 is 19.0 Å². The van der Waals surface area contributed by atoms with Crippen LogP contribution in [0.3, 0.4) is 0 Å². The number of morpholine rings is 1. The molecule has 1 aliphatic heterocycles. The van der Waals surface area contributed by atoms with Gasteiger partial charge in [0.25, 0.3) is 0 Å². The first kappa shape index (κ1) is 10.9. The van der Waals surface area contributed by atoms with E-state index in [4.69, 9.17) is 9.84 Å². The second-order valence-electron chi connectivity index (χ2n) is 3.62. The average molecular weight is 225 g/mol. The molecule has 5 heteroatoms. The van der Waals surface area contributed by atoms with E-state index in [0.29, 0.717) is 19.7 Å². The molecule has 4 nitrogen and oxygen atoms in total. The molecule has 1 aliphatic rings. The summed E-state index contributed by atoms with van der Waals surface area (Å²) >= 11 is 0. The van der Waals surface area contributed by atoms with Crippen LogP contribution >= 0.6 is 0 Å². The number of halogens is 1. The maximum Gasteiger partial charge on any atom is 0.334 e. The van der Waals surface area contributed by atoms with E-state index >= 15 is 0 Å². The number of aliphatic carboxylic acids is 1. The van der Waals surface area contributed by atoms with Crippen LogP contribution in [0.5, 0.6) is 0 Å². The number of carbonyl (C=O) groups is 1. The van der Waals surface area contributed by atoms with E-state index in [1.54, 1.807) is 12.1 Å². The van der Waals surface area contributed by atoms with Crippen molar-refractivity contribution in [1.29, 1.82) is 0 Å². The minimum Gasteiger partial charge on any atom is -0.479 e. The Morgan fingerprint density at radius 2 is 2.12 bits per heavy atom. The minimum absolute atomic E-state index is 0.293. The van der Waals surface area contributed by atoms with E-state index in [0.717, 1.165) is 5.69 Å². The molecule has 1 heterocycles. The predicted molar refractivity (Wildman–Crippen MR) is 56.0 cm³/mol. The van der Waals surface area contributed by atoms with Gasteiger partial charge >= 0.3 is 5.97 Å². The van der Waals surface area contributed by atoms with Crippen LogP contribution in [-0.2, 0) is 9.53 Å². The van der Waals surface area contributed by atoms with Crippen LogP contribution in [0.2, 0.25) is 0 Å². The third kappa shape index (κ3) is 2.30. The number of nitrogens with zero attached hydrogens (tertiary/aromatic N) is 1. The molecule has 16 heavy (non-hydrogen) atoms. The molecule has 1 aromatic carbocycles. The summed E-state index contributed by atoms with van der Waals surface area (Å²) in [6, 6.07) is 6.00. The molecular formula is C11H12FNO3. The van der Waals surface area contributed by atoms with E-state index in [2.05, 4.69) is 0 Å². The zero-order valence-corrected chi connectivity index (χ0v) is 8.60. The lowest BCUT2D eigenvalue weighted by molar-refractivity contribution is -0.150. The van der Waals surface area contributed by atoms with Gasteiger partial charge in [0.2, 0.25) is 0 Å². The number of hydrogen-bond donors (Lipinski definition) is 1. The van der Waals surface area contributed by atoms with E-state index in [1.165, 1.54) is 12.1 Å². The maximum atomic E-state index is 12.7. The van der Waals surface area contributed by atoms with E-state index in [-0.39, 0.29) is 5.82 Å². The fraction of sp³-hybridized carbons (Fsp3) is 0.364. The van der Waals surface area contributed by atoms with Crippen LogP contribution < -0.4 is 4.90 Å². The van der Waals surface area contributed by atoms with Gasteiger partial charge in [-0.2, -0.15) is 0 Å². The summed E-state index contributed by atoms with van der Waals surface area (Å²) in [6.45, 7) is 1.28. The second-order valence-corrected chi connectivity index (χ2v) is 3.62. The van der Waals surface area contributed by atoms with Crippen molar-refractivity contribution in [1.82, 2.24) is 0 Å². The van der Waals surface area contributed by atoms with Gasteiger partial charge in [-0.05, 0) is 24.3 Å². The van der Waals surface area contributed by atoms with Gasteiger partial charge in [0, 0.05) is 12.2 Å². The average Bonchev–Trinajstić information content (AvgIpc) is 2.30. The van der Waals surface area contributed by atoms with E-state index in [9.17, 15) is 9.18 Å². The molecule has 2 rings (SSSR count). The van der Waals surface area contributed by atoms with Crippen molar-refractivity contribution in [2.24, 2.45) is 0 Å². The fourth-order valence-electron chi connectivity index (χ4n) is 1.69. The molecule has 1 aromatic rings. The smallest absolute Gasteiger partial charge is 0.334 e. The lowest BCUT2D eigenvalue weighted by Gasteiger charge is -2.32. The van der Waals surface area contributed by atoms with Crippen LogP contribution in [-0.4, -0.2) is 36.9 Å². The number of rotatable bonds is 2. The summed E-state index contributed by atoms with van der Waals surface area (Å²) in [4.78, 5) is 12.7. The van der Waals surface area contributed by atoms with Crippen molar-refractivity contribution >= 4 is 11.7 Å². The highest BCUT2D eigenvalue weighted by Gasteiger charge is 2.26. The molecule has 0 radical (unpaired) electrons. The molecule has 1 fully saturated rings. The number of benzene rings is 1. The van der Waals surface area contributed by atoms with E-state index in [1.807, 2.05) is 4.90 Å².